The molecule has 2 aliphatic carbocycles. The molecule has 182 valence electrons. The third kappa shape index (κ3) is 6.92. The van der Waals surface area contributed by atoms with Gasteiger partial charge >= 0.3 is 12.0 Å². The quantitative estimate of drug-likeness (QED) is 0.563. The lowest BCUT2D eigenvalue weighted by atomic mass is 9.93. The first-order valence-electron chi connectivity index (χ1n) is 12.5. The van der Waals surface area contributed by atoms with Crippen molar-refractivity contribution in [1.29, 1.82) is 0 Å². The Hall–Kier alpha value is -2.64. The number of imide groups is 1. The van der Waals surface area contributed by atoms with Crippen LogP contribution in [-0.2, 0) is 4.79 Å². The fourth-order valence-corrected chi connectivity index (χ4v) is 4.67. The molecule has 8 nitrogen and oxygen atoms in total. The van der Waals surface area contributed by atoms with Crippen molar-refractivity contribution >= 4 is 18.0 Å². The molecule has 0 aliphatic heterocycles. The number of aryl methyl sites for hydroxylation is 1. The molecule has 0 saturated heterocycles. The lowest BCUT2D eigenvalue weighted by Crippen LogP contribution is -2.52. The van der Waals surface area contributed by atoms with Gasteiger partial charge in [0.15, 0.2) is 0 Å². The summed E-state index contributed by atoms with van der Waals surface area (Å²) in [5.41, 5.74) is 1.27. The zero-order chi connectivity index (χ0) is 23.6. The third-order valence-electron chi connectivity index (χ3n) is 6.36. The molecule has 2 saturated carbocycles. The predicted octanol–water partition coefficient (Wildman–Crippen LogP) is 4.80. The molecular formula is C25H38N4O4. The Kier molecular flexibility index (Phi) is 9.51. The van der Waals surface area contributed by atoms with Gasteiger partial charge in [0, 0.05) is 18.2 Å². The molecule has 3 amide bonds. The van der Waals surface area contributed by atoms with Crippen molar-refractivity contribution in [3.63, 3.8) is 0 Å². The molecule has 0 spiro atoms. The molecule has 0 unspecified atom stereocenters. The lowest BCUT2D eigenvalue weighted by molar-refractivity contribution is -0.125. The van der Waals surface area contributed by atoms with Gasteiger partial charge in [0.2, 0.25) is 5.88 Å². The first kappa shape index (κ1) is 25.0. The molecule has 2 aliphatic rings. The SMILES string of the molecule is CCOc1nc(C)c(/C=C/C(=O)N(C(=O)NC2CCCCC2)C2CCCCC2)c(OCC)n1. The third-order valence-corrected chi connectivity index (χ3v) is 6.36. The highest BCUT2D eigenvalue weighted by atomic mass is 16.5. The van der Waals surface area contributed by atoms with E-state index in [1.165, 1.54) is 17.4 Å². The largest absolute Gasteiger partial charge is 0.477 e. The summed E-state index contributed by atoms with van der Waals surface area (Å²) in [5.74, 6) is 0.0549. The number of nitrogens with zero attached hydrogens (tertiary/aromatic N) is 3. The molecule has 33 heavy (non-hydrogen) atoms. The molecule has 2 fully saturated rings. The molecular weight excluding hydrogens is 420 g/mol. The van der Waals surface area contributed by atoms with Gasteiger partial charge in [-0.05, 0) is 52.5 Å². The van der Waals surface area contributed by atoms with Crippen LogP contribution in [0, 0.1) is 6.92 Å². The highest BCUT2D eigenvalue weighted by molar-refractivity contribution is 6.03. The van der Waals surface area contributed by atoms with E-state index in [9.17, 15) is 9.59 Å². The van der Waals surface area contributed by atoms with E-state index in [0.29, 0.717) is 30.4 Å². The maximum absolute atomic E-state index is 13.3. The lowest BCUT2D eigenvalue weighted by Gasteiger charge is -2.34. The number of urea groups is 1. The topological polar surface area (TPSA) is 93.7 Å². The Morgan fingerprint density at radius 3 is 2.24 bits per heavy atom. The summed E-state index contributed by atoms with van der Waals surface area (Å²) in [5, 5.41) is 3.13. The van der Waals surface area contributed by atoms with Crippen LogP contribution in [0.4, 0.5) is 4.79 Å². The smallest absolute Gasteiger partial charge is 0.324 e. The fraction of sp³-hybridized carbons (Fsp3) is 0.680. The van der Waals surface area contributed by atoms with Gasteiger partial charge in [-0.1, -0.05) is 38.5 Å². The van der Waals surface area contributed by atoms with Gasteiger partial charge in [-0.3, -0.25) is 9.69 Å². The van der Waals surface area contributed by atoms with Gasteiger partial charge in [0.05, 0.1) is 24.5 Å². The van der Waals surface area contributed by atoms with Gasteiger partial charge in [0.25, 0.3) is 5.91 Å². The van der Waals surface area contributed by atoms with Crippen molar-refractivity contribution in [2.75, 3.05) is 13.2 Å². The second kappa shape index (κ2) is 12.6. The number of aromatic nitrogens is 2. The molecule has 1 aromatic rings. The summed E-state index contributed by atoms with van der Waals surface area (Å²) >= 11 is 0. The molecule has 1 aromatic heterocycles. The van der Waals surface area contributed by atoms with E-state index in [2.05, 4.69) is 15.3 Å². The first-order valence-corrected chi connectivity index (χ1v) is 12.5. The molecule has 8 heteroatoms. The van der Waals surface area contributed by atoms with Crippen molar-refractivity contribution in [3.05, 3.63) is 17.3 Å². The van der Waals surface area contributed by atoms with Crippen LogP contribution in [0.5, 0.6) is 11.9 Å². The average Bonchev–Trinajstić information content (AvgIpc) is 2.80. The Morgan fingerprint density at radius 2 is 1.61 bits per heavy atom. The van der Waals surface area contributed by atoms with E-state index in [-0.39, 0.29) is 30.0 Å². The van der Waals surface area contributed by atoms with E-state index in [1.54, 1.807) is 6.08 Å². The first-order chi connectivity index (χ1) is 16.0. The molecule has 0 aromatic carbocycles. The number of hydrogen-bond donors (Lipinski definition) is 1. The minimum Gasteiger partial charge on any atom is -0.477 e. The summed E-state index contributed by atoms with van der Waals surface area (Å²) in [6.45, 7) is 6.44. The Morgan fingerprint density at radius 1 is 0.970 bits per heavy atom. The average molecular weight is 459 g/mol. The van der Waals surface area contributed by atoms with E-state index >= 15 is 0 Å². The number of amides is 3. The van der Waals surface area contributed by atoms with Crippen molar-refractivity contribution in [3.8, 4) is 11.9 Å². The second-order valence-electron chi connectivity index (χ2n) is 8.79. The summed E-state index contributed by atoms with van der Waals surface area (Å²) in [6.07, 6.45) is 13.5. The van der Waals surface area contributed by atoms with E-state index < -0.39 is 0 Å². The monoisotopic (exact) mass is 458 g/mol. The number of carbonyl (C=O) groups excluding carboxylic acids is 2. The number of nitrogens with one attached hydrogen (secondary N) is 1. The van der Waals surface area contributed by atoms with Crippen LogP contribution in [0.2, 0.25) is 0 Å². The minimum atomic E-state index is -0.314. The van der Waals surface area contributed by atoms with E-state index in [4.69, 9.17) is 9.47 Å². The number of hydrogen-bond acceptors (Lipinski definition) is 6. The Bertz CT molecular complexity index is 830. The van der Waals surface area contributed by atoms with Gasteiger partial charge < -0.3 is 14.8 Å². The van der Waals surface area contributed by atoms with Crippen LogP contribution in [-0.4, -0.2) is 52.1 Å². The molecule has 1 N–H and O–H groups in total. The summed E-state index contributed by atoms with van der Waals surface area (Å²) in [6, 6.07) is 0.0646. The molecule has 0 atom stereocenters. The summed E-state index contributed by atoms with van der Waals surface area (Å²) in [4.78, 5) is 36.7. The maximum Gasteiger partial charge on any atom is 0.324 e. The van der Waals surface area contributed by atoms with Crippen molar-refractivity contribution < 1.29 is 19.1 Å². The Balaban J connectivity index is 1.81. The van der Waals surface area contributed by atoms with Crippen LogP contribution >= 0.6 is 0 Å². The standard InChI is InChI=1S/C25H38N4O4/c1-4-32-23-21(18(3)26-24(28-23)33-5-2)16-17-22(30)29(20-14-10-7-11-15-20)25(31)27-19-12-8-6-9-13-19/h16-17,19-20H,4-15H2,1-3H3,(H,27,31)/b17-16+. The van der Waals surface area contributed by atoms with E-state index in [1.807, 2.05) is 20.8 Å². The van der Waals surface area contributed by atoms with Crippen LogP contribution < -0.4 is 14.8 Å². The fourth-order valence-electron chi connectivity index (χ4n) is 4.67. The molecule has 3 rings (SSSR count). The van der Waals surface area contributed by atoms with Crippen molar-refractivity contribution in [2.24, 2.45) is 0 Å². The normalized spacial score (nSPS) is 17.7. The van der Waals surface area contributed by atoms with Gasteiger partial charge in [-0.15, -0.1) is 0 Å². The van der Waals surface area contributed by atoms with Crippen LogP contribution in [0.15, 0.2) is 6.08 Å². The van der Waals surface area contributed by atoms with Gasteiger partial charge in [-0.25, -0.2) is 4.79 Å². The summed E-state index contributed by atoms with van der Waals surface area (Å²) < 4.78 is 11.1. The van der Waals surface area contributed by atoms with Crippen LogP contribution in [0.25, 0.3) is 6.08 Å². The zero-order valence-corrected chi connectivity index (χ0v) is 20.3. The van der Waals surface area contributed by atoms with Crippen LogP contribution in [0.3, 0.4) is 0 Å². The van der Waals surface area contributed by atoms with Gasteiger partial charge in [0.1, 0.15) is 0 Å². The Labute approximate surface area is 197 Å². The van der Waals surface area contributed by atoms with Crippen LogP contribution in [0.1, 0.15) is 89.3 Å². The second-order valence-corrected chi connectivity index (χ2v) is 8.79. The highest BCUT2D eigenvalue weighted by Crippen LogP contribution is 2.26. The number of ether oxygens (including phenoxy) is 2. The molecule has 1 heterocycles. The molecule has 0 radical (unpaired) electrons. The molecule has 0 bridgehead atoms. The summed E-state index contributed by atoms with van der Waals surface area (Å²) in [7, 11) is 0. The van der Waals surface area contributed by atoms with Crippen molar-refractivity contribution in [1.82, 2.24) is 20.2 Å². The minimum absolute atomic E-state index is 0.0662. The van der Waals surface area contributed by atoms with Crippen molar-refractivity contribution in [2.45, 2.75) is 97.1 Å². The number of carbonyl (C=O) groups is 2. The van der Waals surface area contributed by atoms with E-state index in [0.717, 1.165) is 57.8 Å². The zero-order valence-electron chi connectivity index (χ0n) is 20.3. The maximum atomic E-state index is 13.3. The van der Waals surface area contributed by atoms with Gasteiger partial charge in [-0.2, -0.15) is 9.97 Å². The predicted molar refractivity (Wildman–Crippen MR) is 127 cm³/mol. The highest BCUT2D eigenvalue weighted by Gasteiger charge is 2.31. The number of rotatable bonds is 8.